The number of hydrogen-bond donors (Lipinski definition) is 1. The Morgan fingerprint density at radius 3 is 2.56 bits per heavy atom. The van der Waals surface area contributed by atoms with E-state index in [0.717, 1.165) is 17.7 Å². The minimum atomic E-state index is -0.681. The van der Waals surface area contributed by atoms with Crippen LogP contribution >= 0.6 is 0 Å². The van der Waals surface area contributed by atoms with Gasteiger partial charge in [-0.1, -0.05) is 19.4 Å². The molecule has 1 atom stereocenters. The second kappa shape index (κ2) is 8.41. The highest BCUT2D eigenvalue weighted by Gasteiger charge is 2.30. The quantitative estimate of drug-likeness (QED) is 0.600. The predicted molar refractivity (Wildman–Crippen MR) is 91.0 cm³/mol. The Labute approximate surface area is 146 Å². The Bertz CT molecular complexity index is 670. The molecule has 1 aliphatic rings. The minimum Gasteiger partial charge on any atom is -0.452 e. The molecule has 0 radical (unpaired) electrons. The summed E-state index contributed by atoms with van der Waals surface area (Å²) in [6, 6.07) is 6.09. The van der Waals surface area contributed by atoms with Crippen LogP contribution in [0, 0.1) is 0 Å². The van der Waals surface area contributed by atoms with E-state index in [-0.39, 0.29) is 48.8 Å². The summed E-state index contributed by atoms with van der Waals surface area (Å²) in [7, 11) is 0. The summed E-state index contributed by atoms with van der Waals surface area (Å²) in [4.78, 5) is 48.5. The molecule has 1 N–H and O–H groups in total. The Morgan fingerprint density at radius 1 is 1.24 bits per heavy atom. The first kappa shape index (κ1) is 18.6. The lowest BCUT2D eigenvalue weighted by atomic mass is 10.2. The molecule has 0 aromatic heterocycles. The average Bonchev–Trinajstić information content (AvgIpc) is 2.91. The van der Waals surface area contributed by atoms with Gasteiger partial charge in [-0.05, 0) is 31.5 Å². The molecule has 1 fully saturated rings. The third-order valence-electron chi connectivity index (χ3n) is 3.86. The van der Waals surface area contributed by atoms with E-state index in [1.807, 2.05) is 13.8 Å². The molecule has 7 nitrogen and oxygen atoms in total. The molecule has 1 aliphatic heterocycles. The number of rotatable bonds is 7. The highest BCUT2D eigenvalue weighted by atomic mass is 16.5. The van der Waals surface area contributed by atoms with Gasteiger partial charge in [0.15, 0.2) is 6.61 Å². The van der Waals surface area contributed by atoms with Crippen LogP contribution in [0.15, 0.2) is 24.3 Å². The van der Waals surface area contributed by atoms with E-state index in [9.17, 15) is 19.2 Å². The number of ether oxygens (including phenoxy) is 1. The molecule has 1 saturated heterocycles. The number of esters is 1. The second-order valence-corrected chi connectivity index (χ2v) is 6.01. The van der Waals surface area contributed by atoms with E-state index < -0.39 is 5.97 Å². The van der Waals surface area contributed by atoms with Crippen LogP contribution < -0.4 is 10.2 Å². The molecule has 0 spiro atoms. The number of hydrogen-bond acceptors (Lipinski definition) is 5. The van der Waals surface area contributed by atoms with Crippen LogP contribution in [0.25, 0.3) is 0 Å². The molecule has 0 bridgehead atoms. The topological polar surface area (TPSA) is 92.8 Å². The van der Waals surface area contributed by atoms with E-state index in [1.165, 1.54) is 12.1 Å². The van der Waals surface area contributed by atoms with Gasteiger partial charge in [-0.3, -0.25) is 19.3 Å². The van der Waals surface area contributed by atoms with Crippen molar-refractivity contribution in [1.82, 2.24) is 5.32 Å². The highest BCUT2D eigenvalue weighted by molar-refractivity contribution is 6.20. The fraction of sp³-hybridized carbons (Fsp3) is 0.444. The number of nitrogens with one attached hydrogen (secondary N) is 1. The Kier molecular flexibility index (Phi) is 6.27. The molecule has 1 heterocycles. The van der Waals surface area contributed by atoms with Gasteiger partial charge < -0.3 is 10.1 Å². The molecule has 0 unspecified atom stereocenters. The van der Waals surface area contributed by atoms with Crippen LogP contribution in [0.1, 0.15) is 49.9 Å². The van der Waals surface area contributed by atoms with Gasteiger partial charge in [-0.15, -0.1) is 0 Å². The molecule has 25 heavy (non-hydrogen) atoms. The van der Waals surface area contributed by atoms with Crippen molar-refractivity contribution in [3.8, 4) is 0 Å². The van der Waals surface area contributed by atoms with Crippen molar-refractivity contribution in [2.24, 2.45) is 0 Å². The van der Waals surface area contributed by atoms with E-state index in [4.69, 9.17) is 4.74 Å². The number of anilines is 1. The molecule has 2 rings (SSSR count). The first-order valence-corrected chi connectivity index (χ1v) is 8.34. The summed E-state index contributed by atoms with van der Waals surface area (Å²) in [5.74, 6) is -1.63. The van der Waals surface area contributed by atoms with E-state index >= 15 is 0 Å². The van der Waals surface area contributed by atoms with E-state index in [1.54, 1.807) is 12.1 Å². The zero-order valence-electron chi connectivity index (χ0n) is 14.4. The lowest BCUT2D eigenvalue weighted by Crippen LogP contribution is -2.35. The van der Waals surface area contributed by atoms with Crippen molar-refractivity contribution in [3.63, 3.8) is 0 Å². The predicted octanol–water partition coefficient (Wildman–Crippen LogP) is 1.80. The van der Waals surface area contributed by atoms with Gasteiger partial charge in [0.1, 0.15) is 0 Å². The summed E-state index contributed by atoms with van der Waals surface area (Å²) >= 11 is 0. The standard InChI is InChI=1S/C18H22N2O5/c1-3-5-12(2)19-15(21)11-25-18(24)13-6-4-7-14(10-13)20-16(22)8-9-17(20)23/h4,6-7,10,12H,3,5,8-9,11H2,1-2H3,(H,19,21)/t12-/m0/s1. The molecule has 3 amide bonds. The van der Waals surface area contributed by atoms with Crippen molar-refractivity contribution in [2.75, 3.05) is 11.5 Å². The Balaban J connectivity index is 1.96. The first-order chi connectivity index (χ1) is 11.9. The fourth-order valence-corrected chi connectivity index (χ4v) is 2.67. The average molecular weight is 346 g/mol. The third kappa shape index (κ3) is 4.89. The van der Waals surface area contributed by atoms with Crippen LogP contribution in [-0.4, -0.2) is 36.3 Å². The zero-order valence-corrected chi connectivity index (χ0v) is 14.4. The van der Waals surface area contributed by atoms with Crippen LogP contribution in [0.3, 0.4) is 0 Å². The monoisotopic (exact) mass is 346 g/mol. The minimum absolute atomic E-state index is 0.0201. The zero-order chi connectivity index (χ0) is 18.4. The van der Waals surface area contributed by atoms with Crippen molar-refractivity contribution >= 4 is 29.4 Å². The van der Waals surface area contributed by atoms with Gasteiger partial charge in [-0.2, -0.15) is 0 Å². The lowest BCUT2D eigenvalue weighted by molar-refractivity contribution is -0.125. The molecule has 1 aromatic rings. The first-order valence-electron chi connectivity index (χ1n) is 8.34. The largest absolute Gasteiger partial charge is 0.452 e. The molecule has 0 aliphatic carbocycles. The highest BCUT2D eigenvalue weighted by Crippen LogP contribution is 2.23. The smallest absolute Gasteiger partial charge is 0.338 e. The summed E-state index contributed by atoms with van der Waals surface area (Å²) in [6.45, 7) is 3.53. The van der Waals surface area contributed by atoms with Gasteiger partial charge in [0.05, 0.1) is 11.3 Å². The van der Waals surface area contributed by atoms with Crippen LogP contribution in [0.4, 0.5) is 5.69 Å². The second-order valence-electron chi connectivity index (χ2n) is 6.01. The van der Waals surface area contributed by atoms with Crippen LogP contribution in [0.2, 0.25) is 0 Å². The number of nitrogens with zero attached hydrogens (tertiary/aromatic N) is 1. The van der Waals surface area contributed by atoms with Crippen molar-refractivity contribution in [2.45, 2.75) is 45.6 Å². The van der Waals surface area contributed by atoms with Gasteiger partial charge in [0.2, 0.25) is 11.8 Å². The number of amides is 3. The Hall–Kier alpha value is -2.70. The number of carbonyl (C=O) groups is 4. The molecular weight excluding hydrogens is 324 g/mol. The third-order valence-corrected chi connectivity index (χ3v) is 3.86. The number of imide groups is 1. The number of carbonyl (C=O) groups excluding carboxylic acids is 4. The van der Waals surface area contributed by atoms with Crippen LogP contribution in [0.5, 0.6) is 0 Å². The maximum absolute atomic E-state index is 12.1. The summed E-state index contributed by atoms with van der Waals surface area (Å²) in [6.07, 6.45) is 2.13. The maximum Gasteiger partial charge on any atom is 0.338 e. The summed E-state index contributed by atoms with van der Waals surface area (Å²) in [5.41, 5.74) is 0.516. The SMILES string of the molecule is CCC[C@H](C)NC(=O)COC(=O)c1cccc(N2C(=O)CCC2=O)c1. The van der Waals surface area contributed by atoms with Gasteiger partial charge in [0, 0.05) is 18.9 Å². The summed E-state index contributed by atoms with van der Waals surface area (Å²) < 4.78 is 5.00. The lowest BCUT2D eigenvalue weighted by Gasteiger charge is -2.15. The molecule has 1 aromatic carbocycles. The van der Waals surface area contributed by atoms with Crippen molar-refractivity contribution in [1.29, 1.82) is 0 Å². The molecule has 0 saturated carbocycles. The van der Waals surface area contributed by atoms with Gasteiger partial charge in [-0.25, -0.2) is 4.79 Å². The van der Waals surface area contributed by atoms with Gasteiger partial charge in [0.25, 0.3) is 5.91 Å². The van der Waals surface area contributed by atoms with E-state index in [2.05, 4.69) is 5.32 Å². The molecular formula is C18H22N2O5. The maximum atomic E-state index is 12.1. The van der Waals surface area contributed by atoms with Gasteiger partial charge >= 0.3 is 5.97 Å². The fourth-order valence-electron chi connectivity index (χ4n) is 2.67. The van der Waals surface area contributed by atoms with Crippen LogP contribution in [-0.2, 0) is 19.1 Å². The molecule has 7 heteroatoms. The number of benzene rings is 1. The van der Waals surface area contributed by atoms with E-state index in [0.29, 0.717) is 5.69 Å². The normalized spacial score (nSPS) is 15.2. The summed E-state index contributed by atoms with van der Waals surface area (Å²) in [5, 5.41) is 2.74. The van der Waals surface area contributed by atoms with Crippen molar-refractivity contribution < 1.29 is 23.9 Å². The molecule has 134 valence electrons. The Morgan fingerprint density at radius 2 is 1.92 bits per heavy atom. The van der Waals surface area contributed by atoms with Crippen molar-refractivity contribution in [3.05, 3.63) is 29.8 Å².